The molecule has 2 aliphatic rings. The number of aromatic nitrogens is 4. The summed E-state index contributed by atoms with van der Waals surface area (Å²) in [5, 5.41) is 1.12. The molecule has 7 rings (SSSR count). The summed E-state index contributed by atoms with van der Waals surface area (Å²) in [7, 11) is 0. The van der Waals surface area contributed by atoms with Crippen molar-refractivity contribution in [2.45, 2.75) is 18.9 Å². The minimum Gasteiger partial charge on any atom is -0.335 e. The molecule has 0 bridgehead atoms. The average molecular weight is 444 g/mol. The van der Waals surface area contributed by atoms with Gasteiger partial charge in [-0.25, -0.2) is 9.97 Å². The first-order valence-electron chi connectivity index (χ1n) is 11.5. The second kappa shape index (κ2) is 6.84. The van der Waals surface area contributed by atoms with Gasteiger partial charge in [-0.05, 0) is 53.9 Å². The van der Waals surface area contributed by atoms with E-state index in [4.69, 9.17) is 0 Å². The highest BCUT2D eigenvalue weighted by Gasteiger charge is 2.41. The number of carbonyl (C=O) groups excluding carboxylic acids is 1. The normalized spacial score (nSPS) is 15.9. The average Bonchev–Trinajstić information content (AvgIpc) is 3.47. The van der Waals surface area contributed by atoms with Crippen molar-refractivity contribution in [2.75, 3.05) is 6.54 Å². The summed E-state index contributed by atoms with van der Waals surface area (Å²) in [4.78, 5) is 28.0. The van der Waals surface area contributed by atoms with Gasteiger partial charge in [-0.1, -0.05) is 30.4 Å². The number of hydrogen-bond donors (Lipinski definition) is 0. The minimum atomic E-state index is -0.296. The Balaban J connectivity index is 1.31. The third-order valence-electron chi connectivity index (χ3n) is 7.07. The molecule has 6 nitrogen and oxygen atoms in total. The highest BCUT2D eigenvalue weighted by molar-refractivity contribution is 5.99. The number of amides is 1. The molecule has 34 heavy (non-hydrogen) atoms. The monoisotopic (exact) mass is 443 g/mol. The van der Waals surface area contributed by atoms with Crippen LogP contribution in [0.25, 0.3) is 27.8 Å². The van der Waals surface area contributed by atoms with Gasteiger partial charge in [0.05, 0.1) is 22.8 Å². The van der Waals surface area contributed by atoms with Crippen molar-refractivity contribution in [1.29, 1.82) is 0 Å². The lowest BCUT2D eigenvalue weighted by Gasteiger charge is -2.17. The summed E-state index contributed by atoms with van der Waals surface area (Å²) in [6.45, 7) is 3.39. The maximum atomic E-state index is 12.5. The fourth-order valence-electron chi connectivity index (χ4n) is 5.07. The smallest absolute Gasteiger partial charge is 0.254 e. The van der Waals surface area contributed by atoms with E-state index in [1.165, 1.54) is 5.56 Å². The Morgan fingerprint density at radius 1 is 0.971 bits per heavy atom. The van der Waals surface area contributed by atoms with Crippen molar-refractivity contribution in [2.24, 2.45) is 0 Å². The van der Waals surface area contributed by atoms with E-state index in [1.54, 1.807) is 0 Å². The van der Waals surface area contributed by atoms with Crippen molar-refractivity contribution in [3.05, 3.63) is 108 Å². The zero-order valence-corrected chi connectivity index (χ0v) is 18.6. The lowest BCUT2D eigenvalue weighted by Crippen LogP contribution is -2.22. The van der Waals surface area contributed by atoms with Crippen LogP contribution < -0.4 is 0 Å². The second-order valence-electron chi connectivity index (χ2n) is 8.96. The van der Waals surface area contributed by atoms with E-state index in [9.17, 15) is 4.79 Å². The lowest BCUT2D eigenvalue weighted by molar-refractivity contribution is 0.0787. The summed E-state index contributed by atoms with van der Waals surface area (Å²) in [5.41, 5.74) is 6.86. The van der Waals surface area contributed by atoms with Crippen molar-refractivity contribution in [1.82, 2.24) is 24.3 Å². The van der Waals surface area contributed by atoms with Crippen molar-refractivity contribution < 1.29 is 4.79 Å². The number of hydrogen-bond acceptors (Lipinski definition) is 4. The standard InChI is InChI=1S/C28H21N5O/c1-2-32-16-20-12-18(5-7-23(20)26(32)34)21-14-30-27-31-15-25(33(27)17-21)28(9-10-28)22-6-8-24-19(13-22)4-3-11-29-24/h3-15,17H,2,16H2,1H3. The molecule has 0 radical (unpaired) electrons. The van der Waals surface area contributed by atoms with Crippen LogP contribution >= 0.6 is 0 Å². The molecule has 1 aliphatic heterocycles. The van der Waals surface area contributed by atoms with Crippen LogP contribution in [0.15, 0.2) is 85.5 Å². The van der Waals surface area contributed by atoms with Gasteiger partial charge in [-0.3, -0.25) is 14.2 Å². The number of pyridine rings is 1. The van der Waals surface area contributed by atoms with Gasteiger partial charge in [0.25, 0.3) is 5.91 Å². The molecular formula is C28H21N5O. The van der Waals surface area contributed by atoms with Crippen LogP contribution in [-0.2, 0) is 12.0 Å². The maximum absolute atomic E-state index is 12.5. The van der Waals surface area contributed by atoms with Crippen molar-refractivity contribution in [3.63, 3.8) is 0 Å². The minimum absolute atomic E-state index is 0.113. The second-order valence-corrected chi connectivity index (χ2v) is 8.96. The molecule has 0 fully saturated rings. The molecule has 3 aromatic heterocycles. The molecule has 5 aromatic rings. The zero-order valence-electron chi connectivity index (χ0n) is 18.6. The Bertz CT molecular complexity index is 1660. The van der Waals surface area contributed by atoms with E-state index in [-0.39, 0.29) is 11.3 Å². The Morgan fingerprint density at radius 3 is 2.71 bits per heavy atom. The van der Waals surface area contributed by atoms with Crippen molar-refractivity contribution in [3.8, 4) is 11.1 Å². The molecule has 4 heterocycles. The quantitative estimate of drug-likeness (QED) is 0.375. The number of rotatable bonds is 4. The number of allylic oxidation sites excluding steroid dienone is 2. The van der Waals surface area contributed by atoms with E-state index < -0.39 is 0 Å². The Hall–Kier alpha value is -4.32. The summed E-state index contributed by atoms with van der Waals surface area (Å²) in [5.74, 6) is 0.782. The Kier molecular flexibility index (Phi) is 3.86. The Labute approximate surface area is 196 Å². The molecule has 0 saturated carbocycles. The summed E-state index contributed by atoms with van der Waals surface area (Å²) < 4.78 is 2.08. The summed E-state index contributed by atoms with van der Waals surface area (Å²) in [6.07, 6.45) is 12.1. The van der Waals surface area contributed by atoms with Gasteiger partial charge in [0.2, 0.25) is 5.78 Å². The molecule has 0 atom stereocenters. The van der Waals surface area contributed by atoms with Crippen LogP contribution in [0, 0.1) is 0 Å². The number of imidazole rings is 1. The summed E-state index contributed by atoms with van der Waals surface area (Å²) >= 11 is 0. The van der Waals surface area contributed by atoms with Gasteiger partial charge in [-0.2, -0.15) is 0 Å². The fourth-order valence-corrected chi connectivity index (χ4v) is 5.07. The first kappa shape index (κ1) is 19.2. The number of fused-ring (bicyclic) bond motifs is 3. The highest BCUT2D eigenvalue weighted by atomic mass is 16.2. The molecule has 0 saturated heterocycles. The van der Waals surface area contributed by atoms with Gasteiger partial charge in [-0.15, -0.1) is 0 Å². The van der Waals surface area contributed by atoms with E-state index in [2.05, 4.69) is 68.0 Å². The molecule has 1 amide bonds. The molecule has 0 spiro atoms. The molecule has 164 valence electrons. The van der Waals surface area contributed by atoms with E-state index in [0.717, 1.165) is 38.9 Å². The molecule has 0 N–H and O–H groups in total. The molecule has 0 unspecified atom stereocenters. The zero-order chi connectivity index (χ0) is 22.9. The number of nitrogens with zero attached hydrogens (tertiary/aromatic N) is 5. The SMILES string of the molecule is CCN1Cc2cc(-c3cnc4ncc(C5(c6ccc7ncccc7c6)C=C5)n4c3)ccc2C1=O. The number of carbonyl (C=O) groups is 1. The lowest BCUT2D eigenvalue weighted by atomic mass is 9.89. The molecule has 2 aromatic carbocycles. The predicted octanol–water partition coefficient (Wildman–Crippen LogP) is 4.78. The van der Waals surface area contributed by atoms with E-state index >= 15 is 0 Å². The van der Waals surface area contributed by atoms with Crippen LogP contribution in [0.5, 0.6) is 0 Å². The first-order valence-corrected chi connectivity index (χ1v) is 11.5. The molecule has 1 aliphatic carbocycles. The Morgan fingerprint density at radius 2 is 1.85 bits per heavy atom. The molecule has 6 heteroatoms. The maximum Gasteiger partial charge on any atom is 0.254 e. The van der Waals surface area contributed by atoms with Gasteiger partial charge < -0.3 is 4.90 Å². The van der Waals surface area contributed by atoms with E-state index in [1.807, 2.05) is 48.6 Å². The van der Waals surface area contributed by atoms with Crippen LogP contribution in [0.3, 0.4) is 0 Å². The van der Waals surface area contributed by atoms with Crippen LogP contribution in [0.4, 0.5) is 0 Å². The molecular weight excluding hydrogens is 422 g/mol. The third kappa shape index (κ3) is 2.68. The topological polar surface area (TPSA) is 63.4 Å². The largest absolute Gasteiger partial charge is 0.335 e. The van der Waals surface area contributed by atoms with Gasteiger partial charge >= 0.3 is 0 Å². The van der Waals surface area contributed by atoms with E-state index in [0.29, 0.717) is 18.9 Å². The van der Waals surface area contributed by atoms with Crippen LogP contribution in [0.2, 0.25) is 0 Å². The highest BCUT2D eigenvalue weighted by Crippen LogP contribution is 2.45. The number of benzene rings is 2. The fraction of sp³-hybridized carbons (Fsp3) is 0.143. The van der Waals surface area contributed by atoms with Crippen molar-refractivity contribution >= 4 is 22.6 Å². The predicted molar refractivity (Wildman–Crippen MR) is 131 cm³/mol. The van der Waals surface area contributed by atoms with Gasteiger partial charge in [0.1, 0.15) is 0 Å². The first-order chi connectivity index (χ1) is 16.7. The summed E-state index contributed by atoms with van der Waals surface area (Å²) in [6, 6.07) is 16.5. The van der Waals surface area contributed by atoms with Gasteiger partial charge in [0.15, 0.2) is 0 Å². The van der Waals surface area contributed by atoms with Crippen LogP contribution in [0.1, 0.15) is 34.1 Å². The van der Waals surface area contributed by atoms with Crippen LogP contribution in [-0.4, -0.2) is 36.7 Å². The third-order valence-corrected chi connectivity index (χ3v) is 7.07. The van der Waals surface area contributed by atoms with Gasteiger partial charge in [0, 0.05) is 48.2 Å².